The SMILES string of the molecule is O=C(OCl)C(c1ncn2c1CCC2)n1cc2ccc(Br)c(F)c2n1. The number of fused-ring (bicyclic) bond motifs is 2. The Balaban J connectivity index is 1.88. The fraction of sp³-hybridized carbons (Fsp3) is 0.267. The van der Waals surface area contributed by atoms with E-state index in [1.165, 1.54) is 4.68 Å². The van der Waals surface area contributed by atoms with Crippen molar-refractivity contribution in [1.82, 2.24) is 19.3 Å². The van der Waals surface area contributed by atoms with Gasteiger partial charge in [-0.2, -0.15) is 5.10 Å². The Morgan fingerprint density at radius 1 is 1.46 bits per heavy atom. The first-order chi connectivity index (χ1) is 11.6. The van der Waals surface area contributed by atoms with E-state index in [2.05, 4.69) is 30.3 Å². The summed E-state index contributed by atoms with van der Waals surface area (Å²) < 4.78 is 22.3. The average molecular weight is 414 g/mol. The second-order valence-corrected chi connectivity index (χ2v) is 6.59. The quantitative estimate of drug-likeness (QED) is 0.660. The Bertz CT molecular complexity index is 954. The van der Waals surface area contributed by atoms with Gasteiger partial charge in [0.15, 0.2) is 11.9 Å². The lowest BCUT2D eigenvalue weighted by Crippen LogP contribution is -2.23. The number of rotatable bonds is 3. The van der Waals surface area contributed by atoms with E-state index in [-0.39, 0.29) is 5.52 Å². The van der Waals surface area contributed by atoms with E-state index >= 15 is 0 Å². The highest BCUT2D eigenvalue weighted by Crippen LogP contribution is 2.30. The lowest BCUT2D eigenvalue weighted by Gasteiger charge is -2.13. The van der Waals surface area contributed by atoms with Crippen molar-refractivity contribution >= 4 is 44.7 Å². The molecule has 0 bridgehead atoms. The number of aromatic nitrogens is 4. The summed E-state index contributed by atoms with van der Waals surface area (Å²) in [6.07, 6.45) is 5.06. The molecule has 1 aromatic carbocycles. The molecule has 1 unspecified atom stereocenters. The molecule has 124 valence electrons. The van der Waals surface area contributed by atoms with Crippen LogP contribution in [0.15, 0.2) is 29.1 Å². The first kappa shape index (κ1) is 15.6. The number of carbonyl (C=O) groups is 1. The highest BCUT2D eigenvalue weighted by molar-refractivity contribution is 9.10. The summed E-state index contributed by atoms with van der Waals surface area (Å²) in [5.41, 5.74) is 1.64. The number of hydrogen-bond donors (Lipinski definition) is 0. The molecule has 0 amide bonds. The third kappa shape index (κ3) is 2.32. The van der Waals surface area contributed by atoms with Gasteiger partial charge in [0, 0.05) is 23.8 Å². The first-order valence-electron chi connectivity index (χ1n) is 7.29. The van der Waals surface area contributed by atoms with Gasteiger partial charge < -0.3 is 8.86 Å². The third-order valence-electron chi connectivity index (χ3n) is 4.20. The molecule has 0 radical (unpaired) electrons. The minimum atomic E-state index is -0.956. The molecule has 1 atom stereocenters. The van der Waals surface area contributed by atoms with Crippen LogP contribution in [0, 0.1) is 5.82 Å². The van der Waals surface area contributed by atoms with Crippen LogP contribution in [0.25, 0.3) is 10.9 Å². The Hall–Kier alpha value is -1.93. The van der Waals surface area contributed by atoms with Crippen LogP contribution in [-0.4, -0.2) is 25.3 Å². The normalized spacial score (nSPS) is 14.8. The van der Waals surface area contributed by atoms with Crippen LogP contribution < -0.4 is 0 Å². The molecule has 3 aromatic rings. The second-order valence-electron chi connectivity index (χ2n) is 5.58. The Morgan fingerprint density at radius 3 is 3.08 bits per heavy atom. The van der Waals surface area contributed by atoms with Crippen molar-refractivity contribution in [2.75, 3.05) is 0 Å². The molecular formula is C15H11BrClFN4O2. The third-order valence-corrected chi connectivity index (χ3v) is 4.97. The zero-order chi connectivity index (χ0) is 16.8. The van der Waals surface area contributed by atoms with Crippen molar-refractivity contribution in [3.63, 3.8) is 0 Å². The van der Waals surface area contributed by atoms with Crippen LogP contribution in [0.1, 0.15) is 23.9 Å². The van der Waals surface area contributed by atoms with Gasteiger partial charge in [-0.1, -0.05) is 0 Å². The summed E-state index contributed by atoms with van der Waals surface area (Å²) in [6.45, 7) is 0.855. The van der Waals surface area contributed by atoms with Crippen molar-refractivity contribution in [2.24, 2.45) is 0 Å². The molecule has 0 spiro atoms. The van der Waals surface area contributed by atoms with Gasteiger partial charge in [-0.3, -0.25) is 4.68 Å². The molecule has 9 heteroatoms. The highest BCUT2D eigenvalue weighted by Gasteiger charge is 2.32. The zero-order valence-corrected chi connectivity index (χ0v) is 14.6. The van der Waals surface area contributed by atoms with Gasteiger partial charge in [-0.15, -0.1) is 0 Å². The lowest BCUT2D eigenvalue weighted by atomic mass is 10.1. The molecule has 0 aliphatic carbocycles. The summed E-state index contributed by atoms with van der Waals surface area (Å²) in [5.74, 6) is -1.20. The summed E-state index contributed by atoms with van der Waals surface area (Å²) >= 11 is 8.44. The van der Waals surface area contributed by atoms with E-state index < -0.39 is 17.8 Å². The number of imidazole rings is 1. The molecule has 2 aromatic heterocycles. The summed E-state index contributed by atoms with van der Waals surface area (Å²) in [4.78, 5) is 16.6. The highest BCUT2D eigenvalue weighted by atomic mass is 79.9. The second kappa shape index (κ2) is 5.86. The van der Waals surface area contributed by atoms with Gasteiger partial charge in [0.05, 0.1) is 16.5 Å². The molecule has 3 heterocycles. The van der Waals surface area contributed by atoms with E-state index in [1.807, 2.05) is 4.57 Å². The topological polar surface area (TPSA) is 61.9 Å². The fourth-order valence-electron chi connectivity index (χ4n) is 3.10. The average Bonchev–Trinajstić information content (AvgIpc) is 3.27. The number of benzene rings is 1. The van der Waals surface area contributed by atoms with E-state index in [1.54, 1.807) is 24.7 Å². The molecule has 0 N–H and O–H groups in total. The van der Waals surface area contributed by atoms with Gasteiger partial charge in [-0.05, 0) is 40.9 Å². The Labute approximate surface area is 149 Å². The summed E-state index contributed by atoms with van der Waals surface area (Å²) in [6, 6.07) is 2.35. The molecule has 6 nitrogen and oxygen atoms in total. The number of aryl methyl sites for hydroxylation is 1. The predicted octanol–water partition coefficient (Wildman–Crippen LogP) is 3.37. The van der Waals surface area contributed by atoms with E-state index in [0.717, 1.165) is 25.1 Å². The molecule has 24 heavy (non-hydrogen) atoms. The van der Waals surface area contributed by atoms with Gasteiger partial charge in [0.2, 0.25) is 0 Å². The van der Waals surface area contributed by atoms with Crippen LogP contribution >= 0.6 is 27.8 Å². The Kier molecular flexibility index (Phi) is 3.80. The van der Waals surface area contributed by atoms with Gasteiger partial charge in [-0.25, -0.2) is 14.2 Å². The zero-order valence-electron chi connectivity index (χ0n) is 12.2. The van der Waals surface area contributed by atoms with Crippen molar-refractivity contribution in [3.8, 4) is 0 Å². The molecule has 1 aliphatic rings. The van der Waals surface area contributed by atoms with Crippen molar-refractivity contribution in [1.29, 1.82) is 0 Å². The summed E-state index contributed by atoms with van der Waals surface area (Å²) in [7, 11) is 0. The molecule has 0 saturated carbocycles. The van der Waals surface area contributed by atoms with Crippen LogP contribution in [0.3, 0.4) is 0 Å². The van der Waals surface area contributed by atoms with Gasteiger partial charge >= 0.3 is 5.97 Å². The van der Waals surface area contributed by atoms with Gasteiger partial charge in [0.1, 0.15) is 17.4 Å². The van der Waals surface area contributed by atoms with Crippen LogP contribution in [-0.2, 0) is 22.0 Å². The number of hydrogen-bond acceptors (Lipinski definition) is 4. The van der Waals surface area contributed by atoms with Crippen molar-refractivity contribution < 1.29 is 13.5 Å². The van der Waals surface area contributed by atoms with E-state index in [4.69, 9.17) is 11.9 Å². The molecule has 0 fully saturated rings. The molecule has 0 saturated heterocycles. The minimum Gasteiger partial charge on any atom is -0.345 e. The van der Waals surface area contributed by atoms with Crippen molar-refractivity contribution in [3.05, 3.63) is 46.3 Å². The van der Waals surface area contributed by atoms with Crippen LogP contribution in [0.4, 0.5) is 4.39 Å². The predicted molar refractivity (Wildman–Crippen MR) is 88.0 cm³/mol. The maximum atomic E-state index is 14.2. The largest absolute Gasteiger partial charge is 0.355 e. The number of nitrogens with zero attached hydrogens (tertiary/aromatic N) is 4. The van der Waals surface area contributed by atoms with Crippen LogP contribution in [0.5, 0.6) is 0 Å². The fourth-order valence-corrected chi connectivity index (χ4v) is 3.50. The molecular weight excluding hydrogens is 403 g/mol. The maximum Gasteiger partial charge on any atom is 0.355 e. The van der Waals surface area contributed by atoms with Gasteiger partial charge in [0.25, 0.3) is 0 Å². The molecule has 1 aliphatic heterocycles. The Morgan fingerprint density at radius 2 is 2.29 bits per heavy atom. The van der Waals surface area contributed by atoms with Crippen molar-refractivity contribution in [2.45, 2.75) is 25.4 Å². The smallest absolute Gasteiger partial charge is 0.345 e. The number of carbonyl (C=O) groups excluding carboxylic acids is 1. The minimum absolute atomic E-state index is 0.160. The first-order valence-corrected chi connectivity index (χ1v) is 8.39. The molecule has 4 rings (SSSR count). The standard InChI is InChI=1S/C15H11BrClFN4O2/c16-9-4-3-8-6-22(20-12(8)11(9)18)14(15(23)24-17)13-10-2-1-5-21(10)7-19-13/h3-4,6-7,14H,1-2,5H2. The van der Waals surface area contributed by atoms with E-state index in [0.29, 0.717) is 15.6 Å². The van der Waals surface area contributed by atoms with Crippen LogP contribution in [0.2, 0.25) is 0 Å². The summed E-state index contributed by atoms with van der Waals surface area (Å²) in [5, 5.41) is 4.80. The maximum absolute atomic E-state index is 14.2. The monoisotopic (exact) mass is 412 g/mol. The number of halogens is 3. The lowest BCUT2D eigenvalue weighted by molar-refractivity contribution is -0.136. The van der Waals surface area contributed by atoms with E-state index in [9.17, 15) is 9.18 Å².